The average Bonchev–Trinajstić information content (AvgIpc) is 2.85. The summed E-state index contributed by atoms with van der Waals surface area (Å²) in [5.74, 6) is -3.69. The Hall–Kier alpha value is -1.89. The van der Waals surface area contributed by atoms with Crippen LogP contribution < -0.4 is 0 Å². The molecule has 1 aliphatic rings. The quantitative estimate of drug-likeness (QED) is 0.816. The smallest absolute Gasteiger partial charge is 0.308 e. The molecule has 2 atom stereocenters. The van der Waals surface area contributed by atoms with E-state index < -0.39 is 23.8 Å². The van der Waals surface area contributed by atoms with Gasteiger partial charge in [-0.25, -0.2) is 4.98 Å². The number of imidazole rings is 1. The molecule has 0 bridgehead atoms. The van der Waals surface area contributed by atoms with Crippen molar-refractivity contribution in [1.82, 2.24) is 14.5 Å². The van der Waals surface area contributed by atoms with Crippen LogP contribution >= 0.6 is 0 Å². The molecule has 1 aromatic rings. The standard InChI is InChI=1S/C13H19N3O4/c1-2-16-8-14-5-9(16)6-15-4-3-10(12(17)18)11(7-15)13(19)20/h5,8,10-11H,2-4,6-7H2,1H3,(H,17,18)(H,19,20). The summed E-state index contributed by atoms with van der Waals surface area (Å²) < 4.78 is 2.00. The lowest BCUT2D eigenvalue weighted by Gasteiger charge is -2.34. The number of hydrogen-bond donors (Lipinski definition) is 2. The maximum atomic E-state index is 11.2. The number of aliphatic carboxylic acids is 2. The molecule has 0 saturated carbocycles. The van der Waals surface area contributed by atoms with Crippen LogP contribution in [0.3, 0.4) is 0 Å². The minimum absolute atomic E-state index is 0.265. The minimum Gasteiger partial charge on any atom is -0.481 e. The molecule has 7 heteroatoms. The summed E-state index contributed by atoms with van der Waals surface area (Å²) in [6.07, 6.45) is 3.88. The number of carboxylic acids is 2. The second kappa shape index (κ2) is 6.04. The van der Waals surface area contributed by atoms with Crippen LogP contribution in [0.4, 0.5) is 0 Å². The van der Waals surface area contributed by atoms with Gasteiger partial charge >= 0.3 is 11.9 Å². The molecule has 0 aliphatic carbocycles. The van der Waals surface area contributed by atoms with Crippen molar-refractivity contribution in [3.63, 3.8) is 0 Å². The van der Waals surface area contributed by atoms with Gasteiger partial charge in [-0.1, -0.05) is 0 Å². The van der Waals surface area contributed by atoms with E-state index in [0.717, 1.165) is 12.2 Å². The molecule has 1 aliphatic heterocycles. The predicted octanol–water partition coefficient (Wildman–Crippen LogP) is 0.510. The first-order valence-electron chi connectivity index (χ1n) is 6.70. The summed E-state index contributed by atoms with van der Waals surface area (Å²) in [7, 11) is 0. The van der Waals surface area contributed by atoms with Gasteiger partial charge in [-0.3, -0.25) is 14.5 Å². The van der Waals surface area contributed by atoms with E-state index in [9.17, 15) is 14.7 Å². The molecule has 2 unspecified atom stereocenters. The summed E-state index contributed by atoms with van der Waals surface area (Å²) in [5, 5.41) is 18.3. The lowest BCUT2D eigenvalue weighted by Crippen LogP contribution is -2.46. The minimum atomic E-state index is -1.04. The van der Waals surface area contributed by atoms with Crippen LogP contribution in [0.2, 0.25) is 0 Å². The largest absolute Gasteiger partial charge is 0.481 e. The SMILES string of the molecule is CCn1cncc1CN1CCC(C(=O)O)C(C(=O)O)C1. The van der Waals surface area contributed by atoms with Crippen LogP contribution in [-0.2, 0) is 22.7 Å². The van der Waals surface area contributed by atoms with E-state index in [2.05, 4.69) is 4.98 Å². The lowest BCUT2D eigenvalue weighted by atomic mass is 9.85. The zero-order chi connectivity index (χ0) is 14.7. The van der Waals surface area contributed by atoms with E-state index >= 15 is 0 Å². The number of hydrogen-bond acceptors (Lipinski definition) is 4. The predicted molar refractivity (Wildman–Crippen MR) is 70.0 cm³/mol. The Morgan fingerprint density at radius 2 is 2.05 bits per heavy atom. The van der Waals surface area contributed by atoms with Crippen LogP contribution in [0.1, 0.15) is 19.0 Å². The first-order valence-corrected chi connectivity index (χ1v) is 6.70. The fourth-order valence-corrected chi connectivity index (χ4v) is 2.70. The topological polar surface area (TPSA) is 95.7 Å². The highest BCUT2D eigenvalue weighted by Gasteiger charge is 2.38. The van der Waals surface area contributed by atoms with E-state index in [1.165, 1.54) is 0 Å². The van der Waals surface area contributed by atoms with E-state index in [4.69, 9.17) is 5.11 Å². The van der Waals surface area contributed by atoms with Gasteiger partial charge in [0.2, 0.25) is 0 Å². The van der Waals surface area contributed by atoms with Crippen molar-refractivity contribution in [2.45, 2.75) is 26.4 Å². The van der Waals surface area contributed by atoms with E-state index in [1.54, 1.807) is 12.5 Å². The van der Waals surface area contributed by atoms with Gasteiger partial charge in [0, 0.05) is 25.8 Å². The lowest BCUT2D eigenvalue weighted by molar-refractivity contribution is -0.157. The fraction of sp³-hybridized carbons (Fsp3) is 0.615. The maximum Gasteiger partial charge on any atom is 0.308 e. The number of nitrogens with zero attached hydrogens (tertiary/aromatic N) is 3. The molecule has 0 amide bonds. The van der Waals surface area contributed by atoms with Gasteiger partial charge in [-0.15, -0.1) is 0 Å². The first kappa shape index (κ1) is 14.5. The molecule has 0 aromatic carbocycles. The summed E-state index contributed by atoms with van der Waals surface area (Å²) in [6, 6.07) is 0. The van der Waals surface area contributed by atoms with E-state index in [1.807, 2.05) is 16.4 Å². The fourth-order valence-electron chi connectivity index (χ4n) is 2.70. The van der Waals surface area contributed by atoms with Gasteiger partial charge in [0.25, 0.3) is 0 Å². The van der Waals surface area contributed by atoms with Gasteiger partial charge in [0.1, 0.15) is 0 Å². The van der Waals surface area contributed by atoms with Gasteiger partial charge < -0.3 is 14.8 Å². The third kappa shape index (κ3) is 2.98. The third-order valence-electron chi connectivity index (χ3n) is 3.86. The molecule has 2 rings (SSSR count). The van der Waals surface area contributed by atoms with Gasteiger partial charge in [-0.05, 0) is 19.9 Å². The van der Waals surface area contributed by atoms with Crippen molar-refractivity contribution in [3.8, 4) is 0 Å². The monoisotopic (exact) mass is 281 g/mol. The van der Waals surface area contributed by atoms with E-state index in [-0.39, 0.29) is 6.54 Å². The molecule has 0 spiro atoms. The molecule has 20 heavy (non-hydrogen) atoms. The molecule has 1 fully saturated rings. The molecule has 1 saturated heterocycles. The molecule has 0 radical (unpaired) electrons. The summed E-state index contributed by atoms with van der Waals surface area (Å²) >= 11 is 0. The zero-order valence-corrected chi connectivity index (χ0v) is 11.4. The Labute approximate surface area is 116 Å². The number of aromatic nitrogens is 2. The molecule has 2 heterocycles. The van der Waals surface area contributed by atoms with Crippen LogP contribution in [0, 0.1) is 11.8 Å². The molecular weight excluding hydrogens is 262 g/mol. The zero-order valence-electron chi connectivity index (χ0n) is 11.4. The van der Waals surface area contributed by atoms with Gasteiger partial charge in [0.05, 0.1) is 23.9 Å². The number of piperidine rings is 1. The third-order valence-corrected chi connectivity index (χ3v) is 3.86. The highest BCUT2D eigenvalue weighted by atomic mass is 16.4. The molecule has 2 N–H and O–H groups in total. The Morgan fingerprint density at radius 1 is 1.35 bits per heavy atom. The van der Waals surface area contributed by atoms with Crippen molar-refractivity contribution in [1.29, 1.82) is 0 Å². The molecular formula is C13H19N3O4. The molecule has 7 nitrogen and oxygen atoms in total. The van der Waals surface area contributed by atoms with E-state index in [0.29, 0.717) is 19.5 Å². The van der Waals surface area contributed by atoms with Crippen LogP contribution in [0.15, 0.2) is 12.5 Å². The summed E-state index contributed by atoms with van der Waals surface area (Å²) in [5.41, 5.74) is 1.02. The highest BCUT2D eigenvalue weighted by Crippen LogP contribution is 2.25. The van der Waals surface area contributed by atoms with Crippen LogP contribution in [0.5, 0.6) is 0 Å². The van der Waals surface area contributed by atoms with Gasteiger partial charge in [-0.2, -0.15) is 0 Å². The number of carboxylic acid groups (broad SMARTS) is 2. The number of aryl methyl sites for hydroxylation is 1. The van der Waals surface area contributed by atoms with Crippen molar-refractivity contribution >= 4 is 11.9 Å². The van der Waals surface area contributed by atoms with Crippen molar-refractivity contribution < 1.29 is 19.8 Å². The Kier molecular flexibility index (Phi) is 4.39. The van der Waals surface area contributed by atoms with Gasteiger partial charge in [0.15, 0.2) is 0 Å². The average molecular weight is 281 g/mol. The Morgan fingerprint density at radius 3 is 2.65 bits per heavy atom. The molecule has 1 aromatic heterocycles. The van der Waals surface area contributed by atoms with Crippen LogP contribution in [0.25, 0.3) is 0 Å². The van der Waals surface area contributed by atoms with Crippen molar-refractivity contribution in [3.05, 3.63) is 18.2 Å². The normalized spacial score (nSPS) is 23.6. The second-order valence-electron chi connectivity index (χ2n) is 5.08. The molecule has 110 valence electrons. The van der Waals surface area contributed by atoms with Crippen molar-refractivity contribution in [2.24, 2.45) is 11.8 Å². The second-order valence-corrected chi connectivity index (χ2v) is 5.08. The van der Waals surface area contributed by atoms with Crippen molar-refractivity contribution in [2.75, 3.05) is 13.1 Å². The number of rotatable bonds is 5. The number of likely N-dealkylation sites (tertiary alicyclic amines) is 1. The summed E-state index contributed by atoms with van der Waals surface area (Å²) in [6.45, 7) is 4.28. The number of carbonyl (C=O) groups is 2. The first-order chi connectivity index (χ1) is 9.52. The Balaban J connectivity index is 2.05. The maximum absolute atomic E-state index is 11.2. The highest BCUT2D eigenvalue weighted by molar-refractivity contribution is 5.80. The van der Waals surface area contributed by atoms with Crippen LogP contribution in [-0.4, -0.2) is 49.7 Å². The Bertz CT molecular complexity index is 500. The summed E-state index contributed by atoms with van der Waals surface area (Å²) in [4.78, 5) is 28.4.